The van der Waals surface area contributed by atoms with Crippen molar-refractivity contribution in [1.29, 1.82) is 0 Å². The van der Waals surface area contributed by atoms with Crippen LogP contribution in [0.1, 0.15) is 0 Å². The van der Waals surface area contributed by atoms with Crippen molar-refractivity contribution in [2.24, 2.45) is 0 Å². The molecule has 0 atom stereocenters. The number of hydrogen-bond donors (Lipinski definition) is 0. The van der Waals surface area contributed by atoms with Crippen molar-refractivity contribution in [3.63, 3.8) is 0 Å². The highest BCUT2D eigenvalue weighted by Gasteiger charge is 2.91. The van der Waals surface area contributed by atoms with E-state index in [2.05, 4.69) is 11.3 Å². The SMILES string of the molecule is C=CC(=O)OC.FC1C(F)(F)C(F)(F)C1(F)F. The van der Waals surface area contributed by atoms with E-state index >= 15 is 0 Å². The van der Waals surface area contributed by atoms with E-state index in [1.807, 2.05) is 0 Å². The molecule has 0 N–H and O–H groups in total. The zero-order chi connectivity index (χ0) is 14.1. The quantitative estimate of drug-likeness (QED) is 0.415. The van der Waals surface area contributed by atoms with Crippen LogP contribution in [0.5, 0.6) is 0 Å². The van der Waals surface area contributed by atoms with Gasteiger partial charge in [-0.25, -0.2) is 9.18 Å². The first-order valence-corrected chi connectivity index (χ1v) is 3.94. The fraction of sp³-hybridized carbons (Fsp3) is 0.625. The van der Waals surface area contributed by atoms with Crippen LogP contribution in [-0.2, 0) is 9.53 Å². The number of carbonyl (C=O) groups is 1. The topological polar surface area (TPSA) is 26.3 Å². The standard InChI is InChI=1S/C4HF7.C4H6O2/c5-1-2(6,7)4(10,11)3(1,8)9;1-3-4(5)6-2/h1H;3H,1H2,2H3. The van der Waals surface area contributed by atoms with Crippen LogP contribution in [0.3, 0.4) is 0 Å². The Kier molecular flexibility index (Phi) is 4.19. The molecule has 1 aliphatic carbocycles. The van der Waals surface area contributed by atoms with Crippen LogP contribution >= 0.6 is 0 Å². The molecule has 1 fully saturated rings. The van der Waals surface area contributed by atoms with Crippen LogP contribution < -0.4 is 0 Å². The van der Waals surface area contributed by atoms with Crippen LogP contribution in [0.15, 0.2) is 12.7 Å². The summed E-state index contributed by atoms with van der Waals surface area (Å²) in [7, 11) is 1.31. The van der Waals surface area contributed by atoms with Crippen molar-refractivity contribution in [3.05, 3.63) is 12.7 Å². The highest BCUT2D eigenvalue weighted by Crippen LogP contribution is 2.62. The average molecular weight is 268 g/mol. The number of halogens is 7. The van der Waals surface area contributed by atoms with Gasteiger partial charge in [0.2, 0.25) is 6.17 Å². The first-order valence-electron chi connectivity index (χ1n) is 3.94. The van der Waals surface area contributed by atoms with E-state index in [4.69, 9.17) is 0 Å². The largest absolute Gasteiger partial charge is 0.466 e. The molecule has 9 heteroatoms. The maximum atomic E-state index is 11.6. The summed E-state index contributed by atoms with van der Waals surface area (Å²) in [5, 5.41) is 0. The highest BCUT2D eigenvalue weighted by atomic mass is 19.4. The van der Waals surface area contributed by atoms with E-state index in [1.54, 1.807) is 0 Å². The molecule has 0 heterocycles. The van der Waals surface area contributed by atoms with Crippen molar-refractivity contribution >= 4 is 5.97 Å². The number of esters is 1. The van der Waals surface area contributed by atoms with Gasteiger partial charge in [-0.05, 0) is 0 Å². The monoisotopic (exact) mass is 268 g/mol. The molecule has 0 amide bonds. The third kappa shape index (κ3) is 2.22. The molecule has 2 nitrogen and oxygen atoms in total. The Balaban J connectivity index is 0.000000366. The summed E-state index contributed by atoms with van der Waals surface area (Å²) in [6, 6.07) is 0. The molecule has 0 bridgehead atoms. The van der Waals surface area contributed by atoms with Gasteiger partial charge in [0.1, 0.15) is 0 Å². The second-order valence-corrected chi connectivity index (χ2v) is 2.91. The molecule has 0 aromatic rings. The molecule has 0 aromatic carbocycles. The van der Waals surface area contributed by atoms with Crippen molar-refractivity contribution in [2.75, 3.05) is 7.11 Å². The molecular formula is C8H7F7O2. The molecule has 0 radical (unpaired) electrons. The van der Waals surface area contributed by atoms with Gasteiger partial charge in [-0.1, -0.05) is 6.58 Å². The third-order valence-electron chi connectivity index (χ3n) is 1.84. The molecule has 1 aliphatic rings. The molecule has 0 spiro atoms. The summed E-state index contributed by atoms with van der Waals surface area (Å²) >= 11 is 0. The molecular weight excluding hydrogens is 261 g/mol. The zero-order valence-electron chi connectivity index (χ0n) is 8.32. The lowest BCUT2D eigenvalue weighted by molar-refractivity contribution is -0.432. The lowest BCUT2D eigenvalue weighted by Crippen LogP contribution is -2.76. The Bertz CT molecular complexity index is 295. The lowest BCUT2D eigenvalue weighted by atomic mass is 9.82. The Labute approximate surface area is 91.0 Å². The highest BCUT2D eigenvalue weighted by molar-refractivity contribution is 5.80. The molecule has 0 aliphatic heterocycles. The molecule has 1 rings (SSSR count). The van der Waals surface area contributed by atoms with E-state index < -0.39 is 29.9 Å². The number of alkyl halides is 7. The van der Waals surface area contributed by atoms with E-state index in [0.717, 1.165) is 6.08 Å². The fourth-order valence-corrected chi connectivity index (χ4v) is 0.774. The Hall–Kier alpha value is -1.28. The van der Waals surface area contributed by atoms with E-state index in [0.29, 0.717) is 0 Å². The number of hydrogen-bond acceptors (Lipinski definition) is 2. The minimum atomic E-state index is -5.56. The Morgan fingerprint density at radius 1 is 1.18 bits per heavy atom. The number of methoxy groups -OCH3 is 1. The first-order chi connectivity index (χ1) is 7.46. The van der Waals surface area contributed by atoms with Gasteiger partial charge in [-0.2, -0.15) is 26.3 Å². The molecule has 17 heavy (non-hydrogen) atoms. The van der Waals surface area contributed by atoms with Gasteiger partial charge in [0, 0.05) is 6.08 Å². The van der Waals surface area contributed by atoms with E-state index in [-0.39, 0.29) is 0 Å². The summed E-state index contributed by atoms with van der Waals surface area (Å²) in [5.74, 6) is -16.4. The van der Waals surface area contributed by atoms with Crippen LogP contribution in [0.4, 0.5) is 30.7 Å². The summed E-state index contributed by atoms with van der Waals surface area (Å²) in [6.07, 6.45) is -2.97. The number of carbonyl (C=O) groups excluding carboxylic acids is 1. The summed E-state index contributed by atoms with van der Waals surface area (Å²) < 4.78 is 85.3. The van der Waals surface area contributed by atoms with Crippen molar-refractivity contribution in [2.45, 2.75) is 23.9 Å². The number of ether oxygens (including phenoxy) is 1. The smallest absolute Gasteiger partial charge is 0.378 e. The number of rotatable bonds is 1. The van der Waals surface area contributed by atoms with Gasteiger partial charge in [-0.15, -0.1) is 0 Å². The third-order valence-corrected chi connectivity index (χ3v) is 1.84. The maximum Gasteiger partial charge on any atom is 0.378 e. The average Bonchev–Trinajstić information content (AvgIpc) is 2.26. The van der Waals surface area contributed by atoms with Gasteiger partial charge >= 0.3 is 23.7 Å². The summed E-state index contributed by atoms with van der Waals surface area (Å²) in [5.41, 5.74) is 0. The summed E-state index contributed by atoms with van der Waals surface area (Å²) in [4.78, 5) is 9.84. The minimum Gasteiger partial charge on any atom is -0.466 e. The van der Waals surface area contributed by atoms with Gasteiger partial charge in [0.15, 0.2) is 0 Å². The summed E-state index contributed by atoms with van der Waals surface area (Å²) in [6.45, 7) is 3.16. The van der Waals surface area contributed by atoms with Crippen molar-refractivity contribution < 1.29 is 40.3 Å². The zero-order valence-corrected chi connectivity index (χ0v) is 8.32. The molecule has 1 saturated carbocycles. The predicted molar refractivity (Wildman–Crippen MR) is 42.0 cm³/mol. The molecule has 0 aromatic heterocycles. The minimum absolute atomic E-state index is 0.394. The Morgan fingerprint density at radius 3 is 1.59 bits per heavy atom. The Morgan fingerprint density at radius 2 is 1.53 bits per heavy atom. The maximum absolute atomic E-state index is 11.6. The van der Waals surface area contributed by atoms with Gasteiger partial charge in [0.05, 0.1) is 7.11 Å². The predicted octanol–water partition coefficient (Wildman–Crippen LogP) is 2.59. The fourth-order valence-electron chi connectivity index (χ4n) is 0.774. The second-order valence-electron chi connectivity index (χ2n) is 2.91. The van der Waals surface area contributed by atoms with Gasteiger partial charge < -0.3 is 4.74 Å². The molecule has 0 unspecified atom stereocenters. The first kappa shape index (κ1) is 15.7. The molecule has 0 saturated heterocycles. The van der Waals surface area contributed by atoms with Crippen LogP contribution in [0, 0.1) is 0 Å². The van der Waals surface area contributed by atoms with E-state index in [9.17, 15) is 35.5 Å². The van der Waals surface area contributed by atoms with Crippen molar-refractivity contribution in [3.8, 4) is 0 Å². The van der Waals surface area contributed by atoms with Crippen LogP contribution in [0.2, 0.25) is 0 Å². The van der Waals surface area contributed by atoms with Gasteiger partial charge in [-0.3, -0.25) is 0 Å². The van der Waals surface area contributed by atoms with Crippen molar-refractivity contribution in [1.82, 2.24) is 0 Å². The van der Waals surface area contributed by atoms with Crippen LogP contribution in [-0.4, -0.2) is 37.0 Å². The normalized spacial score (nSPS) is 23.8. The van der Waals surface area contributed by atoms with E-state index in [1.165, 1.54) is 7.11 Å². The molecule has 100 valence electrons. The van der Waals surface area contributed by atoms with Crippen LogP contribution in [0.25, 0.3) is 0 Å². The van der Waals surface area contributed by atoms with Gasteiger partial charge in [0.25, 0.3) is 0 Å². The second kappa shape index (κ2) is 4.53. The lowest BCUT2D eigenvalue weighted by Gasteiger charge is -2.45.